The molecule has 0 aliphatic heterocycles. The molecule has 6 heteroatoms. The lowest BCUT2D eigenvalue weighted by molar-refractivity contribution is -0.118. The maximum Gasteiger partial charge on any atom is 0.264 e. The van der Waals surface area contributed by atoms with Crippen molar-refractivity contribution in [3.63, 3.8) is 0 Å². The van der Waals surface area contributed by atoms with Crippen LogP contribution in [0.2, 0.25) is 0 Å². The minimum absolute atomic E-state index is 0.0347. The number of nitrogens with zero attached hydrogens (tertiary/aromatic N) is 1. The molecule has 0 radical (unpaired) electrons. The van der Waals surface area contributed by atoms with E-state index in [2.05, 4.69) is 17.2 Å². The van der Waals surface area contributed by atoms with E-state index in [9.17, 15) is 4.79 Å². The summed E-state index contributed by atoms with van der Waals surface area (Å²) in [6.07, 6.45) is 3.24. The van der Waals surface area contributed by atoms with Crippen molar-refractivity contribution in [1.29, 1.82) is 0 Å². The van der Waals surface area contributed by atoms with Gasteiger partial charge in [-0.15, -0.1) is 11.3 Å². The van der Waals surface area contributed by atoms with E-state index in [0.717, 1.165) is 24.3 Å². The molecule has 1 aromatic heterocycles. The van der Waals surface area contributed by atoms with E-state index in [1.807, 2.05) is 0 Å². The van der Waals surface area contributed by atoms with Crippen LogP contribution < -0.4 is 14.8 Å². The predicted molar refractivity (Wildman–Crippen MR) is 90.4 cm³/mol. The first-order valence-corrected chi connectivity index (χ1v) is 8.51. The summed E-state index contributed by atoms with van der Waals surface area (Å²) in [6.45, 7) is 2.22. The lowest BCUT2D eigenvalue weighted by Crippen LogP contribution is -2.20. The van der Waals surface area contributed by atoms with Crippen LogP contribution in [-0.2, 0) is 17.6 Å². The van der Waals surface area contributed by atoms with Crippen molar-refractivity contribution in [3.8, 4) is 11.5 Å². The first kappa shape index (κ1) is 15.8. The standard InChI is InChI=1S/C17H20N2O3S/c1-11-3-8-14-15(9-11)23-17(18-14)19-16(20)10-22-13-6-4-12(21-2)5-7-13/h4-7,11H,3,8-10H2,1-2H3,(H,18,19,20). The average molecular weight is 332 g/mol. The molecule has 2 aromatic rings. The second kappa shape index (κ2) is 7.00. The number of fused-ring (bicyclic) bond motifs is 1. The summed E-state index contributed by atoms with van der Waals surface area (Å²) < 4.78 is 10.5. The van der Waals surface area contributed by atoms with Crippen molar-refractivity contribution in [2.75, 3.05) is 19.0 Å². The van der Waals surface area contributed by atoms with Crippen molar-refractivity contribution in [1.82, 2.24) is 4.98 Å². The minimum atomic E-state index is -0.194. The Hall–Kier alpha value is -2.08. The lowest BCUT2D eigenvalue weighted by atomic mass is 9.93. The largest absolute Gasteiger partial charge is 0.497 e. The van der Waals surface area contributed by atoms with Gasteiger partial charge >= 0.3 is 0 Å². The van der Waals surface area contributed by atoms with Gasteiger partial charge in [0.15, 0.2) is 11.7 Å². The molecule has 1 unspecified atom stereocenters. The maximum absolute atomic E-state index is 12.0. The molecule has 0 fully saturated rings. The van der Waals surface area contributed by atoms with Crippen LogP contribution in [0, 0.1) is 5.92 Å². The van der Waals surface area contributed by atoms with Crippen LogP contribution in [0.25, 0.3) is 0 Å². The Morgan fingerprint density at radius 2 is 2.09 bits per heavy atom. The highest BCUT2D eigenvalue weighted by Crippen LogP contribution is 2.32. The van der Waals surface area contributed by atoms with Crippen molar-refractivity contribution >= 4 is 22.4 Å². The summed E-state index contributed by atoms with van der Waals surface area (Å²) in [5.41, 5.74) is 1.14. The van der Waals surface area contributed by atoms with Gasteiger partial charge < -0.3 is 9.47 Å². The summed E-state index contributed by atoms with van der Waals surface area (Å²) in [6, 6.07) is 7.14. The quantitative estimate of drug-likeness (QED) is 0.913. The lowest BCUT2D eigenvalue weighted by Gasteiger charge is -2.15. The molecule has 23 heavy (non-hydrogen) atoms. The van der Waals surface area contributed by atoms with E-state index in [1.165, 1.54) is 11.3 Å². The number of ether oxygens (including phenoxy) is 2. The second-order valence-corrected chi connectivity index (χ2v) is 6.83. The number of benzene rings is 1. The molecule has 5 nitrogen and oxygen atoms in total. The number of hydrogen-bond acceptors (Lipinski definition) is 5. The fraction of sp³-hybridized carbons (Fsp3) is 0.412. The van der Waals surface area contributed by atoms with E-state index in [-0.39, 0.29) is 12.5 Å². The van der Waals surface area contributed by atoms with Crippen molar-refractivity contribution in [2.45, 2.75) is 26.2 Å². The Morgan fingerprint density at radius 3 is 2.83 bits per heavy atom. The summed E-state index contributed by atoms with van der Waals surface area (Å²) in [4.78, 5) is 17.8. The zero-order valence-corrected chi connectivity index (χ0v) is 14.1. The Kier molecular flexibility index (Phi) is 4.81. The van der Waals surface area contributed by atoms with E-state index in [1.54, 1.807) is 42.7 Å². The third kappa shape index (κ3) is 4.01. The summed E-state index contributed by atoms with van der Waals surface area (Å²) in [5.74, 6) is 1.89. The molecule has 1 aromatic carbocycles. The summed E-state index contributed by atoms with van der Waals surface area (Å²) >= 11 is 1.58. The number of anilines is 1. The summed E-state index contributed by atoms with van der Waals surface area (Å²) in [5, 5.41) is 3.50. The normalized spacial score (nSPS) is 16.5. The molecule has 1 heterocycles. The van der Waals surface area contributed by atoms with Crippen LogP contribution in [0.15, 0.2) is 24.3 Å². The van der Waals surface area contributed by atoms with E-state index in [0.29, 0.717) is 16.8 Å². The highest BCUT2D eigenvalue weighted by molar-refractivity contribution is 7.15. The van der Waals surface area contributed by atoms with Gasteiger partial charge in [-0.05, 0) is 49.4 Å². The number of hydrogen-bond donors (Lipinski definition) is 1. The van der Waals surface area contributed by atoms with Gasteiger partial charge in [0.2, 0.25) is 0 Å². The molecule has 0 saturated heterocycles. The smallest absolute Gasteiger partial charge is 0.264 e. The first-order valence-electron chi connectivity index (χ1n) is 7.69. The number of thiazole rings is 1. The molecular formula is C17H20N2O3S. The fourth-order valence-corrected chi connectivity index (χ4v) is 3.76. The van der Waals surface area contributed by atoms with Gasteiger partial charge in [-0.3, -0.25) is 10.1 Å². The molecule has 122 valence electrons. The van der Waals surface area contributed by atoms with Crippen molar-refractivity contribution in [3.05, 3.63) is 34.8 Å². The fourth-order valence-electron chi connectivity index (χ4n) is 2.57. The van der Waals surface area contributed by atoms with Crippen LogP contribution in [0.4, 0.5) is 5.13 Å². The molecule has 1 N–H and O–H groups in total. The predicted octanol–water partition coefficient (Wildman–Crippen LogP) is 3.29. The number of carbonyl (C=O) groups excluding carboxylic acids is 1. The number of aromatic nitrogens is 1. The van der Waals surface area contributed by atoms with Gasteiger partial charge in [-0.25, -0.2) is 4.98 Å². The SMILES string of the molecule is COc1ccc(OCC(=O)Nc2nc3c(s2)CC(C)CC3)cc1. The van der Waals surface area contributed by atoms with Gasteiger partial charge in [0.1, 0.15) is 11.5 Å². The van der Waals surface area contributed by atoms with Crippen LogP contribution in [0.3, 0.4) is 0 Å². The Bertz CT molecular complexity index is 682. The minimum Gasteiger partial charge on any atom is -0.497 e. The summed E-state index contributed by atoms with van der Waals surface area (Å²) in [7, 11) is 1.61. The van der Waals surface area contributed by atoms with Gasteiger partial charge in [0, 0.05) is 4.88 Å². The van der Waals surface area contributed by atoms with Crippen molar-refractivity contribution in [2.24, 2.45) is 5.92 Å². The Labute approximate surface area is 139 Å². The number of nitrogens with one attached hydrogen (secondary N) is 1. The highest BCUT2D eigenvalue weighted by Gasteiger charge is 2.20. The van der Waals surface area contributed by atoms with Crippen LogP contribution in [-0.4, -0.2) is 24.6 Å². The third-order valence-electron chi connectivity index (χ3n) is 3.86. The number of carbonyl (C=O) groups is 1. The monoisotopic (exact) mass is 332 g/mol. The van der Waals surface area contributed by atoms with Crippen LogP contribution in [0.1, 0.15) is 23.9 Å². The molecule has 0 bridgehead atoms. The van der Waals surface area contributed by atoms with E-state index < -0.39 is 0 Å². The van der Waals surface area contributed by atoms with E-state index in [4.69, 9.17) is 9.47 Å². The number of amides is 1. The van der Waals surface area contributed by atoms with Crippen LogP contribution >= 0.6 is 11.3 Å². The zero-order chi connectivity index (χ0) is 16.2. The first-order chi connectivity index (χ1) is 11.1. The van der Waals surface area contributed by atoms with Gasteiger partial charge in [-0.2, -0.15) is 0 Å². The van der Waals surface area contributed by atoms with Gasteiger partial charge in [-0.1, -0.05) is 6.92 Å². The van der Waals surface area contributed by atoms with Gasteiger partial charge in [0.25, 0.3) is 5.91 Å². The zero-order valence-electron chi connectivity index (χ0n) is 13.3. The Morgan fingerprint density at radius 1 is 1.35 bits per heavy atom. The number of methoxy groups -OCH3 is 1. The van der Waals surface area contributed by atoms with Crippen molar-refractivity contribution < 1.29 is 14.3 Å². The molecule has 0 spiro atoms. The third-order valence-corrected chi connectivity index (χ3v) is 4.90. The molecule has 0 saturated carbocycles. The molecule has 1 aliphatic carbocycles. The number of aryl methyl sites for hydroxylation is 1. The molecular weight excluding hydrogens is 312 g/mol. The maximum atomic E-state index is 12.0. The van der Waals surface area contributed by atoms with E-state index >= 15 is 0 Å². The van der Waals surface area contributed by atoms with Crippen LogP contribution in [0.5, 0.6) is 11.5 Å². The molecule has 1 amide bonds. The highest BCUT2D eigenvalue weighted by atomic mass is 32.1. The molecule has 3 rings (SSSR count). The second-order valence-electron chi connectivity index (χ2n) is 5.75. The molecule has 1 aliphatic rings. The average Bonchev–Trinajstić information content (AvgIpc) is 2.94. The topological polar surface area (TPSA) is 60.5 Å². The molecule has 1 atom stereocenters. The Balaban J connectivity index is 1.53. The number of rotatable bonds is 5. The van der Waals surface area contributed by atoms with Gasteiger partial charge in [0.05, 0.1) is 12.8 Å².